The zero-order chi connectivity index (χ0) is 17.8. The van der Waals surface area contributed by atoms with Gasteiger partial charge in [0.15, 0.2) is 5.70 Å². The molecule has 6 heteroatoms. The summed E-state index contributed by atoms with van der Waals surface area (Å²) in [5.74, 6) is 0.158. The number of aliphatic imine (C=N–C) groups is 1. The van der Waals surface area contributed by atoms with Crippen LogP contribution in [0.15, 0.2) is 59.2 Å². The highest BCUT2D eigenvalue weighted by Gasteiger charge is 2.24. The Morgan fingerprint density at radius 1 is 1.16 bits per heavy atom. The minimum atomic E-state index is -0.574. The van der Waals surface area contributed by atoms with Crippen molar-refractivity contribution in [3.05, 3.63) is 65.4 Å². The summed E-state index contributed by atoms with van der Waals surface area (Å²) in [6, 6.07) is 13.9. The van der Waals surface area contributed by atoms with E-state index in [2.05, 4.69) is 4.99 Å². The van der Waals surface area contributed by atoms with Crippen molar-refractivity contribution in [2.24, 2.45) is 4.99 Å². The minimum Gasteiger partial charge on any atom is -0.497 e. The van der Waals surface area contributed by atoms with E-state index in [-0.39, 0.29) is 11.6 Å². The first-order valence-corrected chi connectivity index (χ1v) is 7.51. The molecule has 1 aliphatic heterocycles. The second kappa shape index (κ2) is 7.00. The third kappa shape index (κ3) is 3.74. The molecule has 0 bridgehead atoms. The number of nitrogens with zero attached hydrogens (tertiary/aromatic N) is 1. The second-order valence-electron chi connectivity index (χ2n) is 5.20. The van der Waals surface area contributed by atoms with E-state index in [1.54, 1.807) is 55.6 Å². The Labute approximate surface area is 144 Å². The van der Waals surface area contributed by atoms with Crippen LogP contribution in [0.1, 0.15) is 18.1 Å². The molecule has 0 aromatic heterocycles. The predicted octanol–water partition coefficient (Wildman–Crippen LogP) is 2.97. The van der Waals surface area contributed by atoms with Gasteiger partial charge in [-0.1, -0.05) is 24.3 Å². The van der Waals surface area contributed by atoms with Gasteiger partial charge in [0.1, 0.15) is 11.5 Å². The smallest absolute Gasteiger partial charge is 0.363 e. The number of para-hydroxylation sites is 1. The fourth-order valence-corrected chi connectivity index (χ4v) is 2.28. The van der Waals surface area contributed by atoms with Gasteiger partial charge in [0.25, 0.3) is 0 Å². The molecule has 0 atom stereocenters. The maximum absolute atomic E-state index is 12.1. The van der Waals surface area contributed by atoms with Crippen molar-refractivity contribution in [3.63, 3.8) is 0 Å². The Morgan fingerprint density at radius 2 is 1.96 bits per heavy atom. The van der Waals surface area contributed by atoms with Crippen LogP contribution in [0.25, 0.3) is 6.08 Å². The Kier molecular flexibility index (Phi) is 4.61. The van der Waals surface area contributed by atoms with Gasteiger partial charge >= 0.3 is 11.9 Å². The molecule has 3 rings (SSSR count). The molecule has 1 heterocycles. The van der Waals surface area contributed by atoms with Crippen molar-refractivity contribution in [2.75, 3.05) is 7.11 Å². The molecule has 0 saturated carbocycles. The standard InChI is InChI=1S/C19H15NO5/c1-12(21)24-17-9-4-3-6-13(17)11-16-19(22)25-18(20-16)14-7-5-8-15(10-14)23-2/h3-11H,1-2H3/b16-11-. The topological polar surface area (TPSA) is 74.2 Å². The van der Waals surface area contributed by atoms with Gasteiger partial charge in [0.05, 0.1) is 7.11 Å². The van der Waals surface area contributed by atoms with Crippen LogP contribution < -0.4 is 9.47 Å². The minimum absolute atomic E-state index is 0.123. The molecule has 126 valence electrons. The first kappa shape index (κ1) is 16.4. The van der Waals surface area contributed by atoms with Crippen molar-refractivity contribution in [3.8, 4) is 11.5 Å². The fourth-order valence-electron chi connectivity index (χ4n) is 2.28. The van der Waals surface area contributed by atoms with Gasteiger partial charge in [-0.25, -0.2) is 9.79 Å². The van der Waals surface area contributed by atoms with Gasteiger partial charge in [0, 0.05) is 18.1 Å². The molecule has 0 radical (unpaired) electrons. The number of benzene rings is 2. The number of ether oxygens (including phenoxy) is 3. The van der Waals surface area contributed by atoms with Crippen LogP contribution >= 0.6 is 0 Å². The maximum Gasteiger partial charge on any atom is 0.363 e. The summed E-state index contributed by atoms with van der Waals surface area (Å²) >= 11 is 0. The normalized spacial score (nSPS) is 14.9. The van der Waals surface area contributed by atoms with Crippen LogP contribution in [0.3, 0.4) is 0 Å². The van der Waals surface area contributed by atoms with Crippen LogP contribution in [0.5, 0.6) is 11.5 Å². The Balaban J connectivity index is 1.95. The second-order valence-corrected chi connectivity index (χ2v) is 5.20. The SMILES string of the molecule is COc1cccc(C2=N/C(=C\c3ccccc3OC(C)=O)C(=O)O2)c1. The highest BCUT2D eigenvalue weighted by Crippen LogP contribution is 2.25. The van der Waals surface area contributed by atoms with Gasteiger partial charge in [-0.2, -0.15) is 0 Å². The van der Waals surface area contributed by atoms with E-state index in [0.29, 0.717) is 22.6 Å². The van der Waals surface area contributed by atoms with Crippen molar-refractivity contribution >= 4 is 23.9 Å². The number of hydrogen-bond acceptors (Lipinski definition) is 6. The van der Waals surface area contributed by atoms with Crippen LogP contribution in [0.2, 0.25) is 0 Å². The van der Waals surface area contributed by atoms with Crippen molar-refractivity contribution in [1.82, 2.24) is 0 Å². The third-order valence-electron chi connectivity index (χ3n) is 3.40. The highest BCUT2D eigenvalue weighted by molar-refractivity contribution is 6.13. The zero-order valence-electron chi connectivity index (χ0n) is 13.7. The molecule has 6 nitrogen and oxygen atoms in total. The number of carbonyl (C=O) groups excluding carboxylic acids is 2. The van der Waals surface area contributed by atoms with E-state index in [9.17, 15) is 9.59 Å². The summed E-state index contributed by atoms with van der Waals surface area (Å²) in [7, 11) is 1.55. The van der Waals surface area contributed by atoms with E-state index in [1.165, 1.54) is 13.0 Å². The summed E-state index contributed by atoms with van der Waals surface area (Å²) in [6.45, 7) is 1.31. The van der Waals surface area contributed by atoms with Crippen LogP contribution in [-0.4, -0.2) is 24.9 Å². The van der Waals surface area contributed by atoms with Crippen molar-refractivity contribution in [2.45, 2.75) is 6.92 Å². The molecule has 0 amide bonds. The van der Waals surface area contributed by atoms with E-state index in [0.717, 1.165) is 0 Å². The molecule has 0 N–H and O–H groups in total. The quantitative estimate of drug-likeness (QED) is 0.487. The van der Waals surface area contributed by atoms with Gasteiger partial charge in [-0.05, 0) is 30.3 Å². The summed E-state index contributed by atoms with van der Waals surface area (Å²) in [5.41, 5.74) is 1.31. The molecule has 1 aliphatic rings. The monoisotopic (exact) mass is 337 g/mol. The molecule has 0 spiro atoms. The summed E-state index contributed by atoms with van der Waals surface area (Å²) < 4.78 is 15.5. The van der Waals surface area contributed by atoms with E-state index < -0.39 is 11.9 Å². The fraction of sp³-hybridized carbons (Fsp3) is 0.105. The molecule has 2 aromatic rings. The molecule has 0 unspecified atom stereocenters. The Morgan fingerprint density at radius 3 is 2.72 bits per heavy atom. The summed E-state index contributed by atoms with van der Waals surface area (Å²) in [4.78, 5) is 27.5. The lowest BCUT2D eigenvalue weighted by atomic mass is 10.1. The van der Waals surface area contributed by atoms with E-state index in [1.807, 2.05) is 0 Å². The van der Waals surface area contributed by atoms with Crippen molar-refractivity contribution in [1.29, 1.82) is 0 Å². The summed E-state index contributed by atoms with van der Waals surface area (Å²) in [6.07, 6.45) is 1.52. The zero-order valence-corrected chi connectivity index (χ0v) is 13.7. The van der Waals surface area contributed by atoms with Gasteiger partial charge < -0.3 is 14.2 Å². The lowest BCUT2D eigenvalue weighted by Gasteiger charge is -2.04. The number of cyclic esters (lactones) is 1. The highest BCUT2D eigenvalue weighted by atomic mass is 16.6. The Bertz CT molecular complexity index is 898. The van der Waals surface area contributed by atoms with E-state index >= 15 is 0 Å². The average Bonchev–Trinajstić information content (AvgIpc) is 2.97. The number of esters is 2. The molecule has 0 fully saturated rings. The van der Waals surface area contributed by atoms with Crippen LogP contribution in [-0.2, 0) is 14.3 Å². The lowest BCUT2D eigenvalue weighted by Crippen LogP contribution is -2.05. The van der Waals surface area contributed by atoms with Gasteiger partial charge in [-0.15, -0.1) is 0 Å². The number of methoxy groups -OCH3 is 1. The first-order chi connectivity index (χ1) is 12.1. The predicted molar refractivity (Wildman–Crippen MR) is 91.4 cm³/mol. The largest absolute Gasteiger partial charge is 0.497 e. The van der Waals surface area contributed by atoms with Gasteiger partial charge in [0.2, 0.25) is 5.90 Å². The third-order valence-corrected chi connectivity index (χ3v) is 3.40. The molecule has 0 saturated heterocycles. The Hall–Kier alpha value is -3.41. The number of carbonyl (C=O) groups is 2. The van der Waals surface area contributed by atoms with Crippen LogP contribution in [0.4, 0.5) is 0 Å². The lowest BCUT2D eigenvalue weighted by molar-refractivity contribution is -0.132. The first-order valence-electron chi connectivity index (χ1n) is 7.51. The molecule has 2 aromatic carbocycles. The number of hydrogen-bond donors (Lipinski definition) is 0. The van der Waals surface area contributed by atoms with Crippen LogP contribution in [0, 0.1) is 0 Å². The van der Waals surface area contributed by atoms with Gasteiger partial charge in [-0.3, -0.25) is 4.79 Å². The summed E-state index contributed by atoms with van der Waals surface area (Å²) in [5, 5.41) is 0. The molecular weight excluding hydrogens is 322 g/mol. The average molecular weight is 337 g/mol. The molecular formula is C19H15NO5. The maximum atomic E-state index is 12.1. The van der Waals surface area contributed by atoms with Crippen molar-refractivity contribution < 1.29 is 23.8 Å². The molecule has 25 heavy (non-hydrogen) atoms. The molecule has 0 aliphatic carbocycles. The van der Waals surface area contributed by atoms with E-state index in [4.69, 9.17) is 14.2 Å². The number of rotatable bonds is 4.